The average Bonchev–Trinajstić information content (AvgIpc) is 3.31. The first-order chi connectivity index (χ1) is 11.7. The number of aromatic nitrogens is 1. The van der Waals surface area contributed by atoms with Crippen LogP contribution in [0, 0.1) is 5.92 Å². The smallest absolute Gasteiger partial charge is 0.308 e. The molecule has 0 saturated carbocycles. The molecule has 1 N–H and O–H groups in total. The van der Waals surface area contributed by atoms with Gasteiger partial charge in [0, 0.05) is 29.6 Å². The van der Waals surface area contributed by atoms with Crippen LogP contribution in [0.15, 0.2) is 29.6 Å². The number of thiazole rings is 1. The van der Waals surface area contributed by atoms with E-state index in [4.69, 9.17) is 4.98 Å². The van der Waals surface area contributed by atoms with Crippen molar-refractivity contribution in [2.24, 2.45) is 5.92 Å². The molecule has 1 aromatic heterocycles. The van der Waals surface area contributed by atoms with Gasteiger partial charge < -0.3 is 5.11 Å². The van der Waals surface area contributed by atoms with Crippen molar-refractivity contribution in [3.63, 3.8) is 0 Å². The van der Waals surface area contributed by atoms with Gasteiger partial charge in [-0.15, -0.1) is 11.3 Å². The van der Waals surface area contributed by atoms with Gasteiger partial charge >= 0.3 is 5.97 Å². The quantitative estimate of drug-likeness (QED) is 0.898. The molecule has 2 aliphatic heterocycles. The van der Waals surface area contributed by atoms with Crippen molar-refractivity contribution in [3.8, 4) is 10.6 Å². The molecular weight excluding hydrogens is 320 g/mol. The van der Waals surface area contributed by atoms with Gasteiger partial charge in [-0.25, -0.2) is 4.98 Å². The molecule has 0 radical (unpaired) electrons. The summed E-state index contributed by atoms with van der Waals surface area (Å²) in [5, 5.41) is 12.5. The Balaban J connectivity index is 1.48. The van der Waals surface area contributed by atoms with E-state index in [0.717, 1.165) is 48.5 Å². The number of hydrogen-bond acceptors (Lipinski definition) is 4. The minimum absolute atomic E-state index is 0.191. The van der Waals surface area contributed by atoms with E-state index < -0.39 is 5.97 Å². The first kappa shape index (κ1) is 15.8. The predicted molar refractivity (Wildman–Crippen MR) is 95.0 cm³/mol. The number of carboxylic acid groups (broad SMARTS) is 1. The van der Waals surface area contributed by atoms with Crippen LogP contribution in [0.1, 0.15) is 37.4 Å². The van der Waals surface area contributed by atoms with E-state index in [1.54, 1.807) is 11.3 Å². The fourth-order valence-corrected chi connectivity index (χ4v) is 5.01. The lowest BCUT2D eigenvalue weighted by Gasteiger charge is -2.21. The van der Waals surface area contributed by atoms with Gasteiger partial charge in [0.25, 0.3) is 0 Å². The summed E-state index contributed by atoms with van der Waals surface area (Å²) in [5.74, 6) is -0.828. The Labute approximate surface area is 146 Å². The minimum atomic E-state index is -0.637. The molecule has 126 valence electrons. The molecule has 4 rings (SSSR count). The Morgan fingerprint density at radius 2 is 2.12 bits per heavy atom. The Kier molecular flexibility index (Phi) is 4.14. The van der Waals surface area contributed by atoms with Crippen molar-refractivity contribution >= 4 is 17.3 Å². The molecule has 4 nitrogen and oxygen atoms in total. The topological polar surface area (TPSA) is 53.4 Å². The normalized spacial score (nSPS) is 26.1. The summed E-state index contributed by atoms with van der Waals surface area (Å²) in [6.07, 6.45) is 3.99. The van der Waals surface area contributed by atoms with Gasteiger partial charge in [-0.3, -0.25) is 9.69 Å². The van der Waals surface area contributed by atoms with Gasteiger partial charge in [0.2, 0.25) is 0 Å². The standard InChI is InChI=1S/C19H22N2O2S/c1-2-12-3-5-13(6-4-12)18-20-14(11-24-18)10-21-15-7-8-17(21)16(9-15)19(22)23/h3-6,11,15-17H,2,7-10H2,1H3,(H,22,23). The zero-order valence-electron chi connectivity index (χ0n) is 13.8. The molecule has 0 aliphatic carbocycles. The van der Waals surface area contributed by atoms with Crippen molar-refractivity contribution in [1.29, 1.82) is 0 Å². The number of rotatable bonds is 5. The van der Waals surface area contributed by atoms with Crippen LogP contribution in [0.5, 0.6) is 0 Å². The minimum Gasteiger partial charge on any atom is -0.481 e. The maximum absolute atomic E-state index is 11.4. The number of nitrogens with zero attached hydrogens (tertiary/aromatic N) is 2. The van der Waals surface area contributed by atoms with E-state index in [9.17, 15) is 9.90 Å². The van der Waals surface area contributed by atoms with E-state index in [0.29, 0.717) is 6.04 Å². The molecular formula is C19H22N2O2S. The van der Waals surface area contributed by atoms with Gasteiger partial charge in [-0.2, -0.15) is 0 Å². The molecule has 3 unspecified atom stereocenters. The van der Waals surface area contributed by atoms with Crippen LogP contribution in [0.3, 0.4) is 0 Å². The Hall–Kier alpha value is -1.72. The summed E-state index contributed by atoms with van der Waals surface area (Å²) in [4.78, 5) is 18.6. The lowest BCUT2D eigenvalue weighted by atomic mass is 9.89. The van der Waals surface area contributed by atoms with E-state index in [1.807, 2.05) is 0 Å². The molecule has 0 spiro atoms. The first-order valence-electron chi connectivity index (χ1n) is 8.68. The van der Waals surface area contributed by atoms with Crippen molar-refractivity contribution < 1.29 is 9.90 Å². The Morgan fingerprint density at radius 3 is 2.79 bits per heavy atom. The van der Waals surface area contributed by atoms with E-state index in [-0.39, 0.29) is 12.0 Å². The number of aryl methyl sites for hydroxylation is 1. The lowest BCUT2D eigenvalue weighted by Crippen LogP contribution is -2.32. The number of hydrogen-bond donors (Lipinski definition) is 1. The second kappa shape index (κ2) is 6.30. The number of carbonyl (C=O) groups is 1. The number of fused-ring (bicyclic) bond motifs is 2. The highest BCUT2D eigenvalue weighted by Gasteiger charge is 2.49. The van der Waals surface area contributed by atoms with Crippen LogP contribution < -0.4 is 0 Å². The second-order valence-corrected chi connectivity index (χ2v) is 7.70. The molecule has 2 fully saturated rings. The summed E-state index contributed by atoms with van der Waals surface area (Å²) in [7, 11) is 0. The average molecular weight is 342 g/mol. The SMILES string of the molecule is CCc1ccc(-c2nc(CN3C4CCC3C(C(=O)O)C4)cs2)cc1. The van der Waals surface area contributed by atoms with Crippen LogP contribution in [-0.2, 0) is 17.8 Å². The van der Waals surface area contributed by atoms with Crippen LogP contribution in [0.4, 0.5) is 0 Å². The van der Waals surface area contributed by atoms with E-state index in [1.165, 1.54) is 5.56 Å². The van der Waals surface area contributed by atoms with Crippen molar-refractivity contribution in [2.75, 3.05) is 0 Å². The maximum Gasteiger partial charge on any atom is 0.308 e. The summed E-state index contributed by atoms with van der Waals surface area (Å²) < 4.78 is 0. The molecule has 0 amide bonds. The zero-order chi connectivity index (χ0) is 16.7. The summed E-state index contributed by atoms with van der Waals surface area (Å²) >= 11 is 1.68. The molecule has 1 aromatic carbocycles. The Bertz CT molecular complexity index is 740. The van der Waals surface area contributed by atoms with Crippen LogP contribution in [0.25, 0.3) is 10.6 Å². The van der Waals surface area contributed by atoms with Crippen LogP contribution >= 0.6 is 11.3 Å². The molecule has 2 aliphatic rings. The van der Waals surface area contributed by atoms with E-state index >= 15 is 0 Å². The van der Waals surface area contributed by atoms with Crippen LogP contribution in [0.2, 0.25) is 0 Å². The second-order valence-electron chi connectivity index (χ2n) is 6.85. The molecule has 3 atom stereocenters. The molecule has 5 heteroatoms. The van der Waals surface area contributed by atoms with Crippen molar-refractivity contribution in [3.05, 3.63) is 40.9 Å². The van der Waals surface area contributed by atoms with Gasteiger partial charge in [-0.1, -0.05) is 31.2 Å². The largest absolute Gasteiger partial charge is 0.481 e. The number of carboxylic acids is 1. The van der Waals surface area contributed by atoms with Gasteiger partial charge in [0.15, 0.2) is 0 Å². The number of benzene rings is 1. The fraction of sp³-hybridized carbons (Fsp3) is 0.474. The highest BCUT2D eigenvalue weighted by atomic mass is 32.1. The third-order valence-corrected chi connectivity index (χ3v) is 6.44. The highest BCUT2D eigenvalue weighted by Crippen LogP contribution is 2.42. The van der Waals surface area contributed by atoms with E-state index in [2.05, 4.69) is 41.5 Å². The maximum atomic E-state index is 11.4. The predicted octanol–water partition coefficient (Wildman–Crippen LogP) is 3.81. The first-order valence-corrected chi connectivity index (χ1v) is 9.56. The monoisotopic (exact) mass is 342 g/mol. The Morgan fingerprint density at radius 1 is 1.33 bits per heavy atom. The zero-order valence-corrected chi connectivity index (χ0v) is 14.6. The molecule has 3 heterocycles. The lowest BCUT2D eigenvalue weighted by molar-refractivity contribution is -0.142. The third-order valence-electron chi connectivity index (χ3n) is 5.50. The van der Waals surface area contributed by atoms with Crippen molar-refractivity contribution in [2.45, 2.75) is 51.2 Å². The van der Waals surface area contributed by atoms with Gasteiger partial charge in [0.1, 0.15) is 5.01 Å². The molecule has 2 aromatic rings. The molecule has 24 heavy (non-hydrogen) atoms. The number of aliphatic carboxylic acids is 1. The van der Waals surface area contributed by atoms with Crippen LogP contribution in [-0.4, -0.2) is 33.0 Å². The molecule has 2 bridgehead atoms. The summed E-state index contributed by atoms with van der Waals surface area (Å²) in [5.41, 5.74) is 3.57. The fourth-order valence-electron chi connectivity index (χ4n) is 4.20. The third kappa shape index (κ3) is 2.76. The van der Waals surface area contributed by atoms with Gasteiger partial charge in [0.05, 0.1) is 11.6 Å². The van der Waals surface area contributed by atoms with Crippen molar-refractivity contribution in [1.82, 2.24) is 9.88 Å². The highest BCUT2D eigenvalue weighted by molar-refractivity contribution is 7.13. The summed E-state index contributed by atoms with van der Waals surface area (Å²) in [6, 6.07) is 9.22. The molecule has 2 saturated heterocycles. The van der Waals surface area contributed by atoms with Gasteiger partial charge in [-0.05, 0) is 31.2 Å². The summed E-state index contributed by atoms with van der Waals surface area (Å²) in [6.45, 7) is 2.94.